The van der Waals surface area contributed by atoms with Gasteiger partial charge in [-0.2, -0.15) is 5.10 Å². The standard InChI is InChI=1S/C16H24N4O2/c1-2-5-15(21)19-10-13-8-9-17-20(13)14(11-19)16(22)18-12-6-3-4-7-12/h8-9,12,14H,2-7,10-11H2,1H3,(H,18,22)/t14-/m0/s1. The number of rotatable bonds is 4. The molecule has 6 heteroatoms. The van der Waals surface area contributed by atoms with Gasteiger partial charge in [-0.1, -0.05) is 19.8 Å². The van der Waals surface area contributed by atoms with Crippen molar-refractivity contribution in [2.75, 3.05) is 6.54 Å². The van der Waals surface area contributed by atoms with Crippen LogP contribution in [0.1, 0.15) is 57.2 Å². The molecule has 2 heterocycles. The van der Waals surface area contributed by atoms with Crippen molar-refractivity contribution in [1.29, 1.82) is 0 Å². The Hall–Kier alpha value is -1.85. The van der Waals surface area contributed by atoms with Crippen LogP contribution in [0.25, 0.3) is 0 Å². The number of carbonyl (C=O) groups is 2. The van der Waals surface area contributed by atoms with Gasteiger partial charge in [-0.15, -0.1) is 0 Å². The van der Waals surface area contributed by atoms with Gasteiger partial charge < -0.3 is 10.2 Å². The normalized spacial score (nSPS) is 21.7. The number of nitrogens with zero attached hydrogens (tertiary/aromatic N) is 3. The van der Waals surface area contributed by atoms with E-state index in [1.54, 1.807) is 15.8 Å². The fourth-order valence-corrected chi connectivity index (χ4v) is 3.42. The number of amides is 2. The maximum atomic E-state index is 12.6. The summed E-state index contributed by atoms with van der Waals surface area (Å²) in [5.74, 6) is 0.111. The summed E-state index contributed by atoms with van der Waals surface area (Å²) >= 11 is 0. The first-order valence-corrected chi connectivity index (χ1v) is 8.29. The van der Waals surface area contributed by atoms with Gasteiger partial charge in [-0.25, -0.2) is 0 Å². The molecule has 22 heavy (non-hydrogen) atoms. The molecule has 1 N–H and O–H groups in total. The molecule has 120 valence electrons. The highest BCUT2D eigenvalue weighted by molar-refractivity contribution is 5.83. The summed E-state index contributed by atoms with van der Waals surface area (Å²) in [6.07, 6.45) is 7.55. The summed E-state index contributed by atoms with van der Waals surface area (Å²) in [6, 6.07) is 1.77. The van der Waals surface area contributed by atoms with Crippen molar-refractivity contribution < 1.29 is 9.59 Å². The number of nitrogens with one attached hydrogen (secondary N) is 1. The highest BCUT2D eigenvalue weighted by Gasteiger charge is 2.33. The van der Waals surface area contributed by atoms with Crippen molar-refractivity contribution >= 4 is 11.8 Å². The molecule has 1 aliphatic heterocycles. The Morgan fingerprint density at radius 2 is 2.14 bits per heavy atom. The molecule has 0 spiro atoms. The Bertz CT molecular complexity index is 548. The molecular weight excluding hydrogens is 280 g/mol. The number of fused-ring (bicyclic) bond motifs is 1. The van der Waals surface area contributed by atoms with Crippen LogP contribution < -0.4 is 5.32 Å². The van der Waals surface area contributed by atoms with Gasteiger partial charge in [0.25, 0.3) is 0 Å². The lowest BCUT2D eigenvalue weighted by Gasteiger charge is -2.33. The van der Waals surface area contributed by atoms with Crippen LogP contribution in [0.3, 0.4) is 0 Å². The van der Waals surface area contributed by atoms with Gasteiger partial charge in [-0.05, 0) is 25.3 Å². The van der Waals surface area contributed by atoms with E-state index in [-0.39, 0.29) is 17.9 Å². The molecule has 1 aromatic rings. The zero-order chi connectivity index (χ0) is 15.5. The summed E-state index contributed by atoms with van der Waals surface area (Å²) < 4.78 is 1.78. The largest absolute Gasteiger partial charge is 0.351 e. The van der Waals surface area contributed by atoms with Crippen LogP contribution in [0.4, 0.5) is 0 Å². The molecule has 2 amide bonds. The lowest BCUT2D eigenvalue weighted by Crippen LogP contribution is -2.48. The van der Waals surface area contributed by atoms with Gasteiger partial charge in [0, 0.05) is 18.7 Å². The maximum absolute atomic E-state index is 12.6. The number of hydrogen-bond donors (Lipinski definition) is 1. The van der Waals surface area contributed by atoms with Crippen molar-refractivity contribution in [2.45, 2.75) is 64.1 Å². The fourth-order valence-electron chi connectivity index (χ4n) is 3.42. The SMILES string of the molecule is CCCC(=O)N1Cc2ccnn2[C@H](C(=O)NC2CCCC2)C1. The Balaban J connectivity index is 1.74. The second-order valence-electron chi connectivity index (χ2n) is 6.30. The van der Waals surface area contributed by atoms with Gasteiger partial charge in [0.1, 0.15) is 6.04 Å². The topological polar surface area (TPSA) is 67.2 Å². The number of hydrogen-bond acceptors (Lipinski definition) is 3. The lowest BCUT2D eigenvalue weighted by atomic mass is 10.1. The Labute approximate surface area is 130 Å². The van der Waals surface area contributed by atoms with E-state index in [4.69, 9.17) is 0 Å². The van der Waals surface area contributed by atoms with Gasteiger partial charge in [0.2, 0.25) is 11.8 Å². The van der Waals surface area contributed by atoms with Crippen LogP contribution in [0.5, 0.6) is 0 Å². The average Bonchev–Trinajstić information content (AvgIpc) is 3.16. The van der Waals surface area contributed by atoms with Gasteiger partial charge >= 0.3 is 0 Å². The summed E-state index contributed by atoms with van der Waals surface area (Å²) in [6.45, 7) is 2.97. The van der Waals surface area contributed by atoms with E-state index >= 15 is 0 Å². The first-order valence-electron chi connectivity index (χ1n) is 8.29. The molecule has 0 aromatic carbocycles. The molecule has 6 nitrogen and oxygen atoms in total. The van der Waals surface area contributed by atoms with E-state index in [0.717, 1.165) is 25.0 Å². The quantitative estimate of drug-likeness (QED) is 0.919. The molecular formula is C16H24N4O2. The molecule has 0 bridgehead atoms. The second-order valence-corrected chi connectivity index (χ2v) is 6.30. The van der Waals surface area contributed by atoms with E-state index in [2.05, 4.69) is 10.4 Å². The molecule has 0 unspecified atom stereocenters. The minimum atomic E-state index is -0.403. The monoisotopic (exact) mass is 304 g/mol. The van der Waals surface area contributed by atoms with Crippen molar-refractivity contribution in [3.63, 3.8) is 0 Å². The Morgan fingerprint density at radius 1 is 1.36 bits per heavy atom. The van der Waals surface area contributed by atoms with E-state index in [1.807, 2.05) is 13.0 Å². The molecule has 3 rings (SSSR count). The maximum Gasteiger partial charge on any atom is 0.246 e. The second kappa shape index (κ2) is 6.50. The number of carbonyl (C=O) groups excluding carboxylic acids is 2. The van der Waals surface area contributed by atoms with Crippen molar-refractivity contribution in [1.82, 2.24) is 20.0 Å². The van der Waals surface area contributed by atoms with E-state index in [0.29, 0.717) is 19.5 Å². The smallest absolute Gasteiger partial charge is 0.246 e. The predicted molar refractivity (Wildman–Crippen MR) is 82.0 cm³/mol. The first kappa shape index (κ1) is 15.1. The van der Waals surface area contributed by atoms with E-state index < -0.39 is 6.04 Å². The highest BCUT2D eigenvalue weighted by Crippen LogP contribution is 2.23. The molecule has 1 aliphatic carbocycles. The van der Waals surface area contributed by atoms with Crippen molar-refractivity contribution in [3.8, 4) is 0 Å². The molecule has 1 saturated carbocycles. The fraction of sp³-hybridized carbons (Fsp3) is 0.688. The van der Waals surface area contributed by atoms with Crippen molar-refractivity contribution in [2.24, 2.45) is 0 Å². The lowest BCUT2D eigenvalue weighted by molar-refractivity contribution is -0.135. The van der Waals surface area contributed by atoms with E-state index in [1.165, 1.54) is 12.8 Å². The zero-order valence-corrected chi connectivity index (χ0v) is 13.1. The number of aromatic nitrogens is 2. The summed E-state index contributed by atoms with van der Waals surface area (Å²) in [4.78, 5) is 26.6. The Kier molecular flexibility index (Phi) is 4.45. The molecule has 1 fully saturated rings. The van der Waals surface area contributed by atoms with Crippen LogP contribution in [0, 0.1) is 0 Å². The third kappa shape index (κ3) is 3.00. The van der Waals surface area contributed by atoms with Crippen LogP contribution in [-0.2, 0) is 16.1 Å². The van der Waals surface area contributed by atoms with Gasteiger partial charge in [0.15, 0.2) is 0 Å². The highest BCUT2D eigenvalue weighted by atomic mass is 16.2. The summed E-state index contributed by atoms with van der Waals surface area (Å²) in [5.41, 5.74) is 0.933. The van der Waals surface area contributed by atoms with Crippen molar-refractivity contribution in [3.05, 3.63) is 18.0 Å². The summed E-state index contributed by atoms with van der Waals surface area (Å²) in [5, 5.41) is 7.42. The third-order valence-corrected chi connectivity index (χ3v) is 4.61. The van der Waals surface area contributed by atoms with Crippen LogP contribution in [0.2, 0.25) is 0 Å². The molecule has 2 aliphatic rings. The van der Waals surface area contributed by atoms with Gasteiger partial charge in [-0.3, -0.25) is 14.3 Å². The van der Waals surface area contributed by atoms with Crippen LogP contribution >= 0.6 is 0 Å². The molecule has 0 radical (unpaired) electrons. The predicted octanol–water partition coefficient (Wildman–Crippen LogP) is 1.63. The first-order chi connectivity index (χ1) is 10.7. The molecule has 0 saturated heterocycles. The average molecular weight is 304 g/mol. The minimum Gasteiger partial charge on any atom is -0.351 e. The van der Waals surface area contributed by atoms with E-state index in [9.17, 15) is 9.59 Å². The van der Waals surface area contributed by atoms with Gasteiger partial charge in [0.05, 0.1) is 18.8 Å². The Morgan fingerprint density at radius 3 is 2.86 bits per heavy atom. The third-order valence-electron chi connectivity index (χ3n) is 4.61. The zero-order valence-electron chi connectivity index (χ0n) is 13.1. The minimum absolute atomic E-state index is 0.00847. The summed E-state index contributed by atoms with van der Waals surface area (Å²) in [7, 11) is 0. The molecule has 1 atom stereocenters. The van der Waals surface area contributed by atoms with Crippen LogP contribution in [0.15, 0.2) is 12.3 Å². The molecule has 1 aromatic heterocycles. The van der Waals surface area contributed by atoms with Crippen LogP contribution in [-0.4, -0.2) is 39.1 Å².